The molecule has 0 amide bonds. The van der Waals surface area contributed by atoms with Crippen LogP contribution in [0.4, 0.5) is 0 Å². The highest BCUT2D eigenvalue weighted by molar-refractivity contribution is 9.10. The van der Waals surface area contributed by atoms with Gasteiger partial charge in [0.1, 0.15) is 10.6 Å². The number of methoxy groups -OCH3 is 1. The van der Waals surface area contributed by atoms with Crippen LogP contribution in [0.25, 0.3) is 0 Å². The van der Waals surface area contributed by atoms with Crippen molar-refractivity contribution in [1.29, 1.82) is 0 Å². The van der Waals surface area contributed by atoms with E-state index >= 15 is 0 Å². The molecule has 2 aromatic rings. The zero-order valence-corrected chi connectivity index (χ0v) is 13.2. The van der Waals surface area contributed by atoms with E-state index in [1.807, 2.05) is 0 Å². The molecule has 6 nitrogen and oxygen atoms in total. The third kappa shape index (κ3) is 3.59. The van der Waals surface area contributed by atoms with Crippen LogP contribution in [-0.4, -0.2) is 31.6 Å². The molecular weight excluding hydrogens is 346 g/mol. The standard InChI is InChI=1S/C12H14BrN3O3S/c1-19-11-3-2-10(13)8-12(11)20(17,18)15-5-7-16-6-4-14-9-16/h2-4,6,8-9,15H,5,7H2,1H3. The van der Waals surface area contributed by atoms with Crippen LogP contribution in [0.15, 0.2) is 46.3 Å². The summed E-state index contributed by atoms with van der Waals surface area (Å²) in [6.45, 7) is 0.782. The first-order valence-corrected chi connectivity index (χ1v) is 8.09. The van der Waals surface area contributed by atoms with Crippen molar-refractivity contribution in [2.45, 2.75) is 11.4 Å². The van der Waals surface area contributed by atoms with Gasteiger partial charge >= 0.3 is 0 Å². The van der Waals surface area contributed by atoms with Crippen LogP contribution in [0, 0.1) is 0 Å². The van der Waals surface area contributed by atoms with E-state index in [1.165, 1.54) is 13.2 Å². The molecule has 0 fully saturated rings. The molecule has 0 saturated heterocycles. The van der Waals surface area contributed by atoms with Crippen molar-refractivity contribution in [3.05, 3.63) is 41.4 Å². The van der Waals surface area contributed by atoms with Crippen LogP contribution in [0.5, 0.6) is 5.75 Å². The Morgan fingerprint density at radius 1 is 1.45 bits per heavy atom. The van der Waals surface area contributed by atoms with Gasteiger partial charge in [-0.1, -0.05) is 15.9 Å². The van der Waals surface area contributed by atoms with Crippen molar-refractivity contribution >= 4 is 26.0 Å². The number of rotatable bonds is 6. The van der Waals surface area contributed by atoms with Gasteiger partial charge in [-0.15, -0.1) is 0 Å². The van der Waals surface area contributed by atoms with Gasteiger partial charge in [-0.25, -0.2) is 18.1 Å². The number of hydrogen-bond acceptors (Lipinski definition) is 4. The number of aromatic nitrogens is 2. The maximum Gasteiger partial charge on any atom is 0.244 e. The first-order chi connectivity index (χ1) is 9.53. The molecule has 0 atom stereocenters. The van der Waals surface area contributed by atoms with Crippen molar-refractivity contribution in [3.63, 3.8) is 0 Å². The lowest BCUT2D eigenvalue weighted by molar-refractivity contribution is 0.402. The Bertz CT molecular complexity index is 671. The van der Waals surface area contributed by atoms with Crippen molar-refractivity contribution in [3.8, 4) is 5.75 Å². The minimum Gasteiger partial charge on any atom is -0.495 e. The first kappa shape index (κ1) is 15.0. The Kier molecular flexibility index (Phi) is 4.79. The molecule has 108 valence electrons. The molecule has 8 heteroatoms. The molecule has 2 rings (SSSR count). The number of benzene rings is 1. The van der Waals surface area contributed by atoms with Crippen LogP contribution in [0.1, 0.15) is 0 Å². The second-order valence-electron chi connectivity index (χ2n) is 3.99. The van der Waals surface area contributed by atoms with E-state index in [0.29, 0.717) is 16.8 Å². The summed E-state index contributed by atoms with van der Waals surface area (Å²) in [4.78, 5) is 4.01. The van der Waals surface area contributed by atoms with Gasteiger partial charge in [-0.3, -0.25) is 0 Å². The zero-order chi connectivity index (χ0) is 14.6. The highest BCUT2D eigenvalue weighted by Crippen LogP contribution is 2.26. The van der Waals surface area contributed by atoms with Gasteiger partial charge in [0.05, 0.1) is 13.4 Å². The van der Waals surface area contributed by atoms with E-state index in [-0.39, 0.29) is 11.4 Å². The fraction of sp³-hybridized carbons (Fsp3) is 0.250. The molecule has 0 aliphatic carbocycles. The third-order valence-electron chi connectivity index (χ3n) is 2.64. The Morgan fingerprint density at radius 3 is 2.90 bits per heavy atom. The summed E-state index contributed by atoms with van der Waals surface area (Å²) in [5.74, 6) is 0.309. The van der Waals surface area contributed by atoms with Crippen LogP contribution in [0.3, 0.4) is 0 Å². The average molecular weight is 360 g/mol. The lowest BCUT2D eigenvalue weighted by Crippen LogP contribution is -2.27. The van der Waals surface area contributed by atoms with Gasteiger partial charge in [0.25, 0.3) is 0 Å². The predicted octanol–water partition coefficient (Wildman–Crippen LogP) is 1.63. The molecule has 0 saturated carbocycles. The quantitative estimate of drug-likeness (QED) is 0.850. The van der Waals surface area contributed by atoms with Crippen molar-refractivity contribution in [2.24, 2.45) is 0 Å². The van der Waals surface area contributed by atoms with Crippen LogP contribution in [-0.2, 0) is 16.6 Å². The summed E-state index contributed by atoms with van der Waals surface area (Å²) in [6, 6.07) is 4.84. The lowest BCUT2D eigenvalue weighted by Gasteiger charge is -2.11. The highest BCUT2D eigenvalue weighted by Gasteiger charge is 2.19. The van der Waals surface area contributed by atoms with E-state index in [4.69, 9.17) is 4.74 Å². The minimum atomic E-state index is -3.62. The highest BCUT2D eigenvalue weighted by atomic mass is 79.9. The molecule has 1 aromatic heterocycles. The largest absolute Gasteiger partial charge is 0.495 e. The number of nitrogens with one attached hydrogen (secondary N) is 1. The first-order valence-electron chi connectivity index (χ1n) is 5.82. The summed E-state index contributed by atoms with van der Waals surface area (Å²) in [6.07, 6.45) is 5.05. The molecule has 1 N–H and O–H groups in total. The summed E-state index contributed by atoms with van der Waals surface area (Å²) in [5, 5.41) is 0. The van der Waals surface area contributed by atoms with Gasteiger partial charge in [-0.2, -0.15) is 0 Å². The number of nitrogens with zero attached hydrogens (tertiary/aromatic N) is 2. The lowest BCUT2D eigenvalue weighted by atomic mass is 10.3. The van der Waals surface area contributed by atoms with E-state index in [1.54, 1.807) is 35.4 Å². The Morgan fingerprint density at radius 2 is 2.25 bits per heavy atom. The van der Waals surface area contributed by atoms with Gasteiger partial charge < -0.3 is 9.30 Å². The Hall–Kier alpha value is -1.38. The van der Waals surface area contributed by atoms with E-state index < -0.39 is 10.0 Å². The van der Waals surface area contributed by atoms with Crippen molar-refractivity contribution in [2.75, 3.05) is 13.7 Å². The van der Waals surface area contributed by atoms with E-state index in [0.717, 1.165) is 0 Å². The maximum absolute atomic E-state index is 12.3. The molecule has 0 unspecified atom stereocenters. The second-order valence-corrected chi connectivity index (χ2v) is 6.64. The third-order valence-corrected chi connectivity index (χ3v) is 4.61. The molecular formula is C12H14BrN3O3S. The summed E-state index contributed by atoms with van der Waals surface area (Å²) < 4.78 is 34.6. The number of halogens is 1. The average Bonchev–Trinajstić information content (AvgIpc) is 2.91. The molecule has 0 bridgehead atoms. The number of hydrogen-bond donors (Lipinski definition) is 1. The monoisotopic (exact) mass is 359 g/mol. The predicted molar refractivity (Wildman–Crippen MR) is 78.1 cm³/mol. The molecule has 0 aliphatic heterocycles. The van der Waals surface area contributed by atoms with Crippen molar-refractivity contribution < 1.29 is 13.2 Å². The van der Waals surface area contributed by atoms with Gasteiger partial charge in [-0.05, 0) is 18.2 Å². The number of sulfonamides is 1. The van der Waals surface area contributed by atoms with Gasteiger partial charge in [0, 0.05) is 30.0 Å². The summed E-state index contributed by atoms with van der Waals surface area (Å²) in [7, 11) is -2.18. The van der Waals surface area contributed by atoms with Crippen LogP contribution in [0.2, 0.25) is 0 Å². The summed E-state index contributed by atoms with van der Waals surface area (Å²) in [5.41, 5.74) is 0. The van der Waals surface area contributed by atoms with Crippen LogP contribution >= 0.6 is 15.9 Å². The molecule has 0 radical (unpaired) electrons. The molecule has 0 spiro atoms. The fourth-order valence-electron chi connectivity index (χ4n) is 1.67. The topological polar surface area (TPSA) is 73.2 Å². The van der Waals surface area contributed by atoms with Gasteiger partial charge in [0.15, 0.2) is 0 Å². The SMILES string of the molecule is COc1ccc(Br)cc1S(=O)(=O)NCCn1ccnc1. The van der Waals surface area contributed by atoms with Crippen LogP contribution < -0.4 is 9.46 Å². The van der Waals surface area contributed by atoms with E-state index in [9.17, 15) is 8.42 Å². The second kappa shape index (κ2) is 6.38. The normalized spacial score (nSPS) is 11.5. The van der Waals surface area contributed by atoms with Gasteiger partial charge in [0.2, 0.25) is 10.0 Å². The number of imidazole rings is 1. The number of ether oxygens (including phenoxy) is 1. The fourth-order valence-corrected chi connectivity index (χ4v) is 3.39. The molecule has 0 aliphatic rings. The Balaban J connectivity index is 2.11. The maximum atomic E-state index is 12.3. The zero-order valence-electron chi connectivity index (χ0n) is 10.8. The smallest absolute Gasteiger partial charge is 0.244 e. The Labute approximate surface area is 126 Å². The van der Waals surface area contributed by atoms with E-state index in [2.05, 4.69) is 25.6 Å². The summed E-state index contributed by atoms with van der Waals surface area (Å²) >= 11 is 3.26. The minimum absolute atomic E-state index is 0.111. The van der Waals surface area contributed by atoms with Crippen molar-refractivity contribution in [1.82, 2.24) is 14.3 Å². The molecule has 1 heterocycles. The molecule has 1 aromatic carbocycles. The molecule has 20 heavy (non-hydrogen) atoms.